The van der Waals surface area contributed by atoms with E-state index in [4.69, 9.17) is 21.4 Å². The van der Waals surface area contributed by atoms with Gasteiger partial charge in [-0.25, -0.2) is 9.48 Å². The molecule has 1 aliphatic heterocycles. The minimum atomic E-state index is -0.430. The maximum absolute atomic E-state index is 12.8. The van der Waals surface area contributed by atoms with Gasteiger partial charge in [-0.3, -0.25) is 0 Å². The van der Waals surface area contributed by atoms with Crippen LogP contribution in [0.5, 0.6) is 0 Å². The number of hydrogen-bond donors (Lipinski definition) is 1. The van der Waals surface area contributed by atoms with Gasteiger partial charge in [0.2, 0.25) is 11.1 Å². The number of carbonyl (C=O) groups excluding carboxylic acids is 1. The normalized spacial score (nSPS) is 15.4. The van der Waals surface area contributed by atoms with Crippen LogP contribution in [0, 0.1) is 0 Å². The highest BCUT2D eigenvalue weighted by Crippen LogP contribution is 2.37. The zero-order valence-corrected chi connectivity index (χ0v) is 20.1. The Bertz CT molecular complexity index is 1130. The number of hydrogen-bond acceptors (Lipinski definition) is 6. The largest absolute Gasteiger partial charge is 0.463 e. The highest BCUT2D eigenvalue weighted by molar-refractivity contribution is 9.10. The van der Waals surface area contributed by atoms with Gasteiger partial charge in [0.25, 0.3) is 0 Å². The Morgan fingerprint density at radius 2 is 1.94 bits per heavy atom. The summed E-state index contributed by atoms with van der Waals surface area (Å²) in [5, 5.41) is 9.26. The summed E-state index contributed by atoms with van der Waals surface area (Å²) >= 11 is 11.0. The minimum absolute atomic E-state index is 0.301. The predicted octanol–water partition coefficient (Wildman–Crippen LogP) is 5.84. The molecule has 6 nitrogen and oxygen atoms in total. The monoisotopic (exact) mass is 518 g/mol. The van der Waals surface area contributed by atoms with Gasteiger partial charge in [-0.15, -0.1) is 5.10 Å². The Hall–Kier alpha value is -2.29. The number of ether oxygens (including phenoxy) is 1. The Morgan fingerprint density at radius 1 is 1.23 bits per heavy atom. The first-order chi connectivity index (χ1) is 15.0. The number of rotatable bonds is 6. The number of fused-ring (bicyclic) bond motifs is 1. The van der Waals surface area contributed by atoms with Crippen LogP contribution in [0.2, 0.25) is 5.02 Å². The summed E-state index contributed by atoms with van der Waals surface area (Å²) in [5.41, 5.74) is 3.28. The minimum Gasteiger partial charge on any atom is -0.463 e. The molecule has 4 rings (SSSR count). The van der Waals surface area contributed by atoms with E-state index in [2.05, 4.69) is 26.2 Å². The average Bonchev–Trinajstić information content (AvgIpc) is 3.15. The van der Waals surface area contributed by atoms with E-state index in [-0.39, 0.29) is 5.97 Å². The molecule has 0 spiro atoms. The molecule has 160 valence electrons. The van der Waals surface area contributed by atoms with Gasteiger partial charge < -0.3 is 10.1 Å². The Labute approximate surface area is 198 Å². The second kappa shape index (κ2) is 9.46. The number of anilines is 1. The van der Waals surface area contributed by atoms with Crippen molar-refractivity contribution >= 4 is 51.2 Å². The number of carbonyl (C=O) groups is 1. The summed E-state index contributed by atoms with van der Waals surface area (Å²) in [6.07, 6.45) is 0. The molecule has 1 aromatic heterocycles. The quantitative estimate of drug-likeness (QED) is 0.326. The lowest BCUT2D eigenvalue weighted by Gasteiger charge is -2.28. The molecule has 0 fully saturated rings. The van der Waals surface area contributed by atoms with Crippen molar-refractivity contribution in [1.29, 1.82) is 0 Å². The molecule has 9 heteroatoms. The Balaban J connectivity index is 1.67. The molecule has 1 aliphatic rings. The molecule has 0 radical (unpaired) electrons. The molecule has 31 heavy (non-hydrogen) atoms. The lowest BCUT2D eigenvalue weighted by Crippen LogP contribution is -2.29. The number of nitrogens with zero attached hydrogens (tertiary/aromatic N) is 3. The fourth-order valence-corrected chi connectivity index (χ4v) is 4.52. The zero-order valence-electron chi connectivity index (χ0n) is 16.9. The average molecular weight is 520 g/mol. The van der Waals surface area contributed by atoms with E-state index in [0.29, 0.717) is 39.8 Å². The molecule has 1 unspecified atom stereocenters. The van der Waals surface area contributed by atoms with Crippen molar-refractivity contribution in [2.24, 2.45) is 0 Å². The van der Waals surface area contributed by atoms with Crippen LogP contribution in [0.25, 0.3) is 0 Å². The van der Waals surface area contributed by atoms with Crippen molar-refractivity contribution in [3.63, 3.8) is 0 Å². The van der Waals surface area contributed by atoms with Gasteiger partial charge in [0.1, 0.15) is 6.04 Å². The van der Waals surface area contributed by atoms with E-state index < -0.39 is 6.04 Å². The van der Waals surface area contributed by atoms with Gasteiger partial charge in [-0.2, -0.15) is 4.98 Å². The van der Waals surface area contributed by atoms with Crippen molar-refractivity contribution in [2.75, 3.05) is 11.9 Å². The summed E-state index contributed by atoms with van der Waals surface area (Å²) in [4.78, 5) is 17.5. The highest BCUT2D eigenvalue weighted by atomic mass is 79.9. The van der Waals surface area contributed by atoms with Gasteiger partial charge in [-0.1, -0.05) is 63.6 Å². The molecule has 0 aliphatic carbocycles. The molecule has 0 bridgehead atoms. The molecule has 3 aromatic rings. The maximum Gasteiger partial charge on any atom is 0.338 e. The highest BCUT2D eigenvalue weighted by Gasteiger charge is 2.35. The topological polar surface area (TPSA) is 69.0 Å². The fraction of sp³-hybridized carbons (Fsp3) is 0.227. The number of benzene rings is 2. The van der Waals surface area contributed by atoms with Gasteiger partial charge >= 0.3 is 5.97 Å². The van der Waals surface area contributed by atoms with Crippen LogP contribution in [0.4, 0.5) is 5.95 Å². The van der Waals surface area contributed by atoms with Crippen molar-refractivity contribution in [3.8, 4) is 0 Å². The first kappa shape index (κ1) is 21.9. The number of allylic oxidation sites excluding steroid dienone is 1. The maximum atomic E-state index is 12.8. The van der Waals surface area contributed by atoms with E-state index in [1.165, 1.54) is 11.8 Å². The molecular weight excluding hydrogens is 500 g/mol. The van der Waals surface area contributed by atoms with Crippen LogP contribution in [-0.4, -0.2) is 27.3 Å². The summed E-state index contributed by atoms with van der Waals surface area (Å²) in [6.45, 7) is 3.96. The SMILES string of the molecule is CCOC(=O)C1=C(C)Nc2nc(SCc3ccc(Cl)cc3)nn2C1c1ccc(Br)cc1. The molecule has 0 amide bonds. The van der Waals surface area contributed by atoms with Crippen LogP contribution in [0.1, 0.15) is 31.0 Å². The van der Waals surface area contributed by atoms with Crippen molar-refractivity contribution < 1.29 is 9.53 Å². The number of halogens is 2. The number of esters is 1. The molecule has 0 saturated carbocycles. The number of aromatic nitrogens is 3. The smallest absolute Gasteiger partial charge is 0.338 e. The van der Waals surface area contributed by atoms with Crippen LogP contribution >= 0.6 is 39.3 Å². The number of thioether (sulfide) groups is 1. The lowest BCUT2D eigenvalue weighted by atomic mass is 9.96. The van der Waals surface area contributed by atoms with Crippen LogP contribution in [0.15, 0.2) is 69.4 Å². The van der Waals surface area contributed by atoms with Gasteiger partial charge in [-0.05, 0) is 49.2 Å². The third-order valence-electron chi connectivity index (χ3n) is 4.80. The van der Waals surface area contributed by atoms with Gasteiger partial charge in [0.15, 0.2) is 0 Å². The van der Waals surface area contributed by atoms with Crippen LogP contribution in [-0.2, 0) is 15.3 Å². The molecule has 2 aromatic carbocycles. The fourth-order valence-electron chi connectivity index (χ4n) is 3.35. The Kier molecular flexibility index (Phi) is 6.69. The summed E-state index contributed by atoms with van der Waals surface area (Å²) in [6, 6.07) is 15.1. The van der Waals surface area contributed by atoms with E-state index in [0.717, 1.165) is 15.6 Å². The third kappa shape index (κ3) is 4.81. The summed E-state index contributed by atoms with van der Waals surface area (Å²) in [5.74, 6) is 0.940. The van der Waals surface area contributed by atoms with E-state index >= 15 is 0 Å². The lowest BCUT2D eigenvalue weighted by molar-refractivity contribution is -0.139. The second-order valence-corrected chi connectivity index (χ2v) is 9.21. The summed E-state index contributed by atoms with van der Waals surface area (Å²) < 4.78 is 8.06. The third-order valence-corrected chi connectivity index (χ3v) is 6.48. The standard InChI is InChI=1S/C22H20BrClN4O2S/c1-3-30-20(29)18-13(2)25-21-26-22(31-12-14-4-10-17(24)11-5-14)27-28(21)19(18)15-6-8-16(23)9-7-15/h4-11,19H,3,12H2,1-2H3,(H,25,26,27). The second-order valence-electron chi connectivity index (χ2n) is 6.92. The van der Waals surface area contributed by atoms with Crippen LogP contribution in [0.3, 0.4) is 0 Å². The van der Waals surface area contributed by atoms with Gasteiger partial charge in [0, 0.05) is 20.9 Å². The van der Waals surface area contributed by atoms with Crippen molar-refractivity contribution in [2.45, 2.75) is 30.8 Å². The first-order valence-corrected chi connectivity index (χ1v) is 11.9. The van der Waals surface area contributed by atoms with E-state index in [1.54, 1.807) is 11.6 Å². The van der Waals surface area contributed by atoms with Crippen molar-refractivity contribution in [3.05, 3.63) is 80.4 Å². The zero-order chi connectivity index (χ0) is 22.0. The van der Waals surface area contributed by atoms with Crippen LogP contribution < -0.4 is 5.32 Å². The Morgan fingerprint density at radius 3 is 2.61 bits per heavy atom. The molecule has 2 heterocycles. The first-order valence-electron chi connectivity index (χ1n) is 9.70. The van der Waals surface area contributed by atoms with E-state index in [9.17, 15) is 4.79 Å². The molecule has 1 N–H and O–H groups in total. The van der Waals surface area contributed by atoms with Crippen molar-refractivity contribution in [1.82, 2.24) is 14.8 Å². The van der Waals surface area contributed by atoms with E-state index in [1.807, 2.05) is 55.5 Å². The van der Waals surface area contributed by atoms with Gasteiger partial charge in [0.05, 0.1) is 12.2 Å². The molecule has 0 saturated heterocycles. The molecule has 1 atom stereocenters. The number of nitrogens with one attached hydrogen (secondary N) is 1. The predicted molar refractivity (Wildman–Crippen MR) is 126 cm³/mol. The molecular formula is C22H20BrClN4O2S. The summed E-state index contributed by atoms with van der Waals surface area (Å²) in [7, 11) is 0.